The number of hydrogen-bond donors (Lipinski definition) is 0. The fourth-order valence-electron chi connectivity index (χ4n) is 1.16. The molecule has 16 heavy (non-hydrogen) atoms. The number of carbonyl (C=O) groups excluding carboxylic acids is 2. The number of esters is 1. The number of methoxy groups -OCH3 is 1. The molecule has 4 nitrogen and oxygen atoms in total. The minimum Gasteiger partial charge on any atom is -0.460 e. The Kier molecular flexibility index (Phi) is 5.22. The van der Waals surface area contributed by atoms with Crippen LogP contribution in [0.5, 0.6) is 0 Å². The summed E-state index contributed by atoms with van der Waals surface area (Å²) in [6, 6.07) is 9.31. The summed E-state index contributed by atoms with van der Waals surface area (Å²) in [5, 5.41) is 0. The van der Waals surface area contributed by atoms with E-state index in [-0.39, 0.29) is 25.4 Å². The van der Waals surface area contributed by atoms with Crippen LogP contribution < -0.4 is 0 Å². The zero-order valence-electron chi connectivity index (χ0n) is 9.14. The molecule has 0 radical (unpaired) electrons. The van der Waals surface area contributed by atoms with Crippen LogP contribution in [0.4, 0.5) is 0 Å². The van der Waals surface area contributed by atoms with Gasteiger partial charge in [0.1, 0.15) is 19.6 Å². The monoisotopic (exact) mass is 222 g/mol. The van der Waals surface area contributed by atoms with E-state index in [0.717, 1.165) is 5.56 Å². The molecule has 4 heteroatoms. The molecule has 0 atom stereocenters. The molecule has 0 saturated heterocycles. The number of benzene rings is 1. The predicted molar refractivity (Wildman–Crippen MR) is 57.7 cm³/mol. The van der Waals surface area contributed by atoms with Gasteiger partial charge in [-0.2, -0.15) is 0 Å². The molecule has 0 aliphatic heterocycles. The summed E-state index contributed by atoms with van der Waals surface area (Å²) < 4.78 is 9.54. The van der Waals surface area contributed by atoms with E-state index in [2.05, 4.69) is 4.74 Å². The van der Waals surface area contributed by atoms with Gasteiger partial charge in [-0.3, -0.25) is 9.59 Å². The van der Waals surface area contributed by atoms with Crippen LogP contribution in [0.2, 0.25) is 0 Å². The Morgan fingerprint density at radius 2 is 1.88 bits per heavy atom. The van der Waals surface area contributed by atoms with E-state index in [1.54, 1.807) is 0 Å². The third-order valence-electron chi connectivity index (χ3n) is 1.89. The Bertz CT molecular complexity index is 345. The standard InChI is InChI=1S/C12H14O4/c1-15-9-11(13)7-12(14)16-8-10-5-3-2-4-6-10/h2-6H,7-9H2,1H3. The molecule has 0 amide bonds. The Balaban J connectivity index is 2.28. The van der Waals surface area contributed by atoms with Crippen LogP contribution >= 0.6 is 0 Å². The molecule has 0 unspecified atom stereocenters. The van der Waals surface area contributed by atoms with Crippen molar-refractivity contribution < 1.29 is 19.1 Å². The highest BCUT2D eigenvalue weighted by molar-refractivity contribution is 5.96. The van der Waals surface area contributed by atoms with E-state index in [1.807, 2.05) is 30.3 Å². The van der Waals surface area contributed by atoms with Gasteiger partial charge < -0.3 is 9.47 Å². The number of hydrogen-bond acceptors (Lipinski definition) is 4. The zero-order chi connectivity index (χ0) is 11.8. The number of rotatable bonds is 6. The third-order valence-corrected chi connectivity index (χ3v) is 1.89. The minimum absolute atomic E-state index is 0.0551. The number of ketones is 1. The molecule has 86 valence electrons. The maximum Gasteiger partial charge on any atom is 0.313 e. The Labute approximate surface area is 94.2 Å². The molecule has 0 aliphatic rings. The van der Waals surface area contributed by atoms with E-state index in [1.165, 1.54) is 7.11 Å². The molecule has 0 fully saturated rings. The second-order valence-corrected chi connectivity index (χ2v) is 3.29. The molecule has 1 aromatic rings. The topological polar surface area (TPSA) is 52.6 Å². The van der Waals surface area contributed by atoms with Gasteiger partial charge in [0, 0.05) is 7.11 Å². The van der Waals surface area contributed by atoms with Crippen LogP contribution in [-0.4, -0.2) is 25.5 Å². The highest BCUT2D eigenvalue weighted by Gasteiger charge is 2.10. The fourth-order valence-corrected chi connectivity index (χ4v) is 1.16. The SMILES string of the molecule is COCC(=O)CC(=O)OCc1ccccc1. The molecule has 0 saturated carbocycles. The molecule has 0 spiro atoms. The Morgan fingerprint density at radius 1 is 1.19 bits per heavy atom. The average molecular weight is 222 g/mol. The van der Waals surface area contributed by atoms with E-state index < -0.39 is 5.97 Å². The lowest BCUT2D eigenvalue weighted by molar-refractivity contribution is -0.147. The average Bonchev–Trinajstić information content (AvgIpc) is 2.28. The van der Waals surface area contributed by atoms with Crippen LogP contribution in [0.3, 0.4) is 0 Å². The lowest BCUT2D eigenvalue weighted by atomic mass is 10.2. The number of Topliss-reactive ketones (excluding diaryl/α,β-unsaturated/α-hetero) is 1. The van der Waals surface area contributed by atoms with Gasteiger partial charge in [0.05, 0.1) is 0 Å². The molecular formula is C12H14O4. The van der Waals surface area contributed by atoms with Gasteiger partial charge in [-0.15, -0.1) is 0 Å². The van der Waals surface area contributed by atoms with Crippen molar-refractivity contribution in [1.82, 2.24) is 0 Å². The smallest absolute Gasteiger partial charge is 0.313 e. The van der Waals surface area contributed by atoms with Gasteiger partial charge in [0.15, 0.2) is 5.78 Å². The predicted octanol–water partition coefficient (Wildman–Crippen LogP) is 1.34. The van der Waals surface area contributed by atoms with Gasteiger partial charge in [-0.25, -0.2) is 0 Å². The van der Waals surface area contributed by atoms with Gasteiger partial charge in [0.2, 0.25) is 0 Å². The van der Waals surface area contributed by atoms with E-state index in [4.69, 9.17) is 4.74 Å². The summed E-state index contributed by atoms with van der Waals surface area (Å²) in [6.45, 7) is 0.139. The molecule has 1 rings (SSSR count). The summed E-state index contributed by atoms with van der Waals surface area (Å²) in [4.78, 5) is 22.2. The summed E-state index contributed by atoms with van der Waals surface area (Å²) in [5.74, 6) is -0.800. The summed E-state index contributed by atoms with van der Waals surface area (Å²) in [6.07, 6.45) is -0.235. The first kappa shape index (κ1) is 12.4. The molecule has 0 aromatic heterocycles. The van der Waals surface area contributed by atoms with Crippen molar-refractivity contribution in [3.63, 3.8) is 0 Å². The van der Waals surface area contributed by atoms with Crippen molar-refractivity contribution in [3.05, 3.63) is 35.9 Å². The summed E-state index contributed by atoms with van der Waals surface area (Å²) >= 11 is 0. The number of ether oxygens (including phenoxy) is 2. The van der Waals surface area contributed by atoms with Crippen LogP contribution in [-0.2, 0) is 25.7 Å². The number of carbonyl (C=O) groups is 2. The van der Waals surface area contributed by atoms with Crippen LogP contribution in [0.25, 0.3) is 0 Å². The van der Waals surface area contributed by atoms with Gasteiger partial charge in [-0.05, 0) is 5.56 Å². The van der Waals surface area contributed by atoms with Gasteiger partial charge >= 0.3 is 5.97 Å². The first-order valence-corrected chi connectivity index (χ1v) is 4.92. The largest absolute Gasteiger partial charge is 0.460 e. The minimum atomic E-state index is -0.522. The molecular weight excluding hydrogens is 208 g/mol. The van der Waals surface area contributed by atoms with Crippen LogP contribution in [0.15, 0.2) is 30.3 Å². The Hall–Kier alpha value is -1.68. The van der Waals surface area contributed by atoms with Crippen molar-refractivity contribution in [2.24, 2.45) is 0 Å². The summed E-state index contributed by atoms with van der Waals surface area (Å²) in [7, 11) is 1.41. The fraction of sp³-hybridized carbons (Fsp3) is 0.333. The second-order valence-electron chi connectivity index (χ2n) is 3.29. The normalized spacial score (nSPS) is 9.81. The van der Waals surface area contributed by atoms with E-state index in [0.29, 0.717) is 0 Å². The van der Waals surface area contributed by atoms with Crippen molar-refractivity contribution >= 4 is 11.8 Å². The summed E-state index contributed by atoms with van der Waals surface area (Å²) in [5.41, 5.74) is 0.898. The quantitative estimate of drug-likeness (QED) is 0.538. The van der Waals surface area contributed by atoms with Gasteiger partial charge in [0.25, 0.3) is 0 Å². The van der Waals surface area contributed by atoms with Crippen molar-refractivity contribution in [2.45, 2.75) is 13.0 Å². The molecule has 1 aromatic carbocycles. The van der Waals surface area contributed by atoms with E-state index in [9.17, 15) is 9.59 Å². The molecule has 0 N–H and O–H groups in total. The van der Waals surface area contributed by atoms with Gasteiger partial charge in [-0.1, -0.05) is 30.3 Å². The van der Waals surface area contributed by atoms with Crippen molar-refractivity contribution in [1.29, 1.82) is 0 Å². The molecule has 0 aliphatic carbocycles. The van der Waals surface area contributed by atoms with Crippen LogP contribution in [0.1, 0.15) is 12.0 Å². The zero-order valence-corrected chi connectivity index (χ0v) is 9.14. The maximum absolute atomic E-state index is 11.2. The molecule has 0 bridgehead atoms. The highest BCUT2D eigenvalue weighted by Crippen LogP contribution is 2.01. The maximum atomic E-state index is 11.2. The molecule has 0 heterocycles. The highest BCUT2D eigenvalue weighted by atomic mass is 16.5. The first-order chi connectivity index (χ1) is 7.72. The third kappa shape index (κ3) is 4.70. The first-order valence-electron chi connectivity index (χ1n) is 4.92. The van der Waals surface area contributed by atoms with E-state index >= 15 is 0 Å². The Morgan fingerprint density at radius 3 is 2.50 bits per heavy atom. The lowest BCUT2D eigenvalue weighted by Crippen LogP contribution is -2.14. The van der Waals surface area contributed by atoms with Crippen molar-refractivity contribution in [2.75, 3.05) is 13.7 Å². The lowest BCUT2D eigenvalue weighted by Gasteiger charge is -2.04. The van der Waals surface area contributed by atoms with Crippen molar-refractivity contribution in [3.8, 4) is 0 Å². The van der Waals surface area contributed by atoms with Crippen LogP contribution in [0, 0.1) is 0 Å². The second kappa shape index (κ2) is 6.74.